The second-order valence-electron chi connectivity index (χ2n) is 7.56. The van der Waals surface area contributed by atoms with Crippen LogP contribution in [0.5, 0.6) is 11.5 Å². The first-order valence-corrected chi connectivity index (χ1v) is 10.9. The van der Waals surface area contributed by atoms with Crippen LogP contribution in [0.25, 0.3) is 6.08 Å². The number of ether oxygens (including phenoxy) is 2. The summed E-state index contributed by atoms with van der Waals surface area (Å²) in [4.78, 5) is 51.1. The zero-order valence-corrected chi connectivity index (χ0v) is 19.1. The molecule has 0 radical (unpaired) electrons. The SMILES string of the molecule is CN(C)c1ccc(C(=O)NCCN2C(=O)S/C(=C\c3ccc4c(c3)OCO4)C2=O)cc1[N+](=O)[O-]. The molecule has 11 nitrogen and oxygen atoms in total. The molecule has 3 amide bonds. The maximum absolute atomic E-state index is 12.7. The standard InChI is InChI=1S/C22H20N4O7S/c1-24(2)15-5-4-14(11-16(15)26(30)31)20(27)23-7-8-25-21(28)19(34-22(25)29)10-13-3-6-17-18(9-13)33-12-32-17/h3-6,9-11H,7-8,12H2,1-2H3,(H,23,27)/b19-10-. The first-order chi connectivity index (χ1) is 16.2. The number of nitro benzene ring substituents is 1. The van der Waals surface area contributed by atoms with Crippen LogP contribution in [-0.4, -0.2) is 60.9 Å². The molecule has 0 unspecified atom stereocenters. The van der Waals surface area contributed by atoms with Crippen LogP contribution in [0.2, 0.25) is 0 Å². The van der Waals surface area contributed by atoms with Gasteiger partial charge >= 0.3 is 0 Å². The van der Waals surface area contributed by atoms with E-state index in [1.807, 2.05) is 0 Å². The van der Waals surface area contributed by atoms with E-state index in [0.717, 1.165) is 16.7 Å². The number of benzene rings is 2. The van der Waals surface area contributed by atoms with Crippen LogP contribution >= 0.6 is 11.8 Å². The lowest BCUT2D eigenvalue weighted by Gasteiger charge is -2.14. The van der Waals surface area contributed by atoms with Crippen molar-refractivity contribution in [3.63, 3.8) is 0 Å². The molecule has 2 heterocycles. The Hall–Kier alpha value is -4.06. The number of thioether (sulfide) groups is 1. The molecule has 1 N–H and O–H groups in total. The summed E-state index contributed by atoms with van der Waals surface area (Å²) in [5.41, 5.74) is 0.964. The third kappa shape index (κ3) is 4.66. The zero-order valence-electron chi connectivity index (χ0n) is 18.3. The van der Waals surface area contributed by atoms with Crippen LogP contribution < -0.4 is 19.7 Å². The van der Waals surface area contributed by atoms with Gasteiger partial charge in [-0.1, -0.05) is 6.07 Å². The monoisotopic (exact) mass is 484 g/mol. The number of imide groups is 1. The number of hydrogen-bond acceptors (Lipinski definition) is 9. The third-order valence-corrected chi connectivity index (χ3v) is 6.01. The summed E-state index contributed by atoms with van der Waals surface area (Å²) < 4.78 is 10.6. The molecule has 1 fully saturated rings. The van der Waals surface area contributed by atoms with Gasteiger partial charge in [-0.05, 0) is 47.7 Å². The average Bonchev–Trinajstić information content (AvgIpc) is 3.37. The van der Waals surface area contributed by atoms with Gasteiger partial charge < -0.3 is 19.7 Å². The molecule has 4 rings (SSSR count). The van der Waals surface area contributed by atoms with E-state index < -0.39 is 22.0 Å². The van der Waals surface area contributed by atoms with Crippen molar-refractivity contribution >= 4 is 46.3 Å². The summed E-state index contributed by atoms with van der Waals surface area (Å²) in [6.45, 7) is 0.0956. The molecular weight excluding hydrogens is 464 g/mol. The molecule has 2 aromatic carbocycles. The highest BCUT2D eigenvalue weighted by atomic mass is 32.2. The number of carbonyl (C=O) groups excluding carboxylic acids is 3. The molecule has 0 aliphatic carbocycles. The molecule has 34 heavy (non-hydrogen) atoms. The number of anilines is 1. The molecule has 0 bridgehead atoms. The minimum Gasteiger partial charge on any atom is -0.454 e. The van der Waals surface area contributed by atoms with E-state index in [2.05, 4.69) is 5.32 Å². The predicted octanol–water partition coefficient (Wildman–Crippen LogP) is 2.86. The van der Waals surface area contributed by atoms with Gasteiger partial charge in [0.2, 0.25) is 6.79 Å². The van der Waals surface area contributed by atoms with Crippen molar-refractivity contribution in [1.29, 1.82) is 0 Å². The van der Waals surface area contributed by atoms with E-state index in [1.54, 1.807) is 43.3 Å². The van der Waals surface area contributed by atoms with Gasteiger partial charge in [0.15, 0.2) is 11.5 Å². The van der Waals surface area contributed by atoms with Crippen molar-refractivity contribution in [2.24, 2.45) is 0 Å². The Balaban J connectivity index is 1.38. The van der Waals surface area contributed by atoms with Crippen LogP contribution in [0, 0.1) is 10.1 Å². The number of carbonyl (C=O) groups is 3. The molecule has 2 aliphatic rings. The second-order valence-corrected chi connectivity index (χ2v) is 8.55. The van der Waals surface area contributed by atoms with Crippen molar-refractivity contribution in [2.45, 2.75) is 0 Å². The summed E-state index contributed by atoms with van der Waals surface area (Å²) in [7, 11) is 3.33. The van der Waals surface area contributed by atoms with Crippen molar-refractivity contribution < 1.29 is 28.8 Å². The summed E-state index contributed by atoms with van der Waals surface area (Å²) in [6, 6.07) is 9.36. The Labute approximate surface area is 198 Å². The van der Waals surface area contributed by atoms with Gasteiger partial charge in [-0.3, -0.25) is 29.4 Å². The lowest BCUT2D eigenvalue weighted by Crippen LogP contribution is -2.37. The fourth-order valence-electron chi connectivity index (χ4n) is 3.42. The van der Waals surface area contributed by atoms with E-state index in [-0.39, 0.29) is 36.0 Å². The number of nitrogens with one attached hydrogen (secondary N) is 1. The van der Waals surface area contributed by atoms with Crippen molar-refractivity contribution in [2.75, 3.05) is 38.9 Å². The van der Waals surface area contributed by atoms with Gasteiger partial charge in [0.05, 0.1) is 9.83 Å². The molecule has 2 aromatic rings. The van der Waals surface area contributed by atoms with Gasteiger partial charge in [0.1, 0.15) is 5.69 Å². The normalized spacial score (nSPS) is 15.7. The van der Waals surface area contributed by atoms with Gasteiger partial charge in [-0.25, -0.2) is 0 Å². The number of rotatable bonds is 7. The Kier molecular flexibility index (Phi) is 6.41. The van der Waals surface area contributed by atoms with Gasteiger partial charge in [-0.2, -0.15) is 0 Å². The summed E-state index contributed by atoms with van der Waals surface area (Å²) in [5.74, 6) is 0.168. The van der Waals surface area contributed by atoms with Crippen molar-refractivity contribution in [3.8, 4) is 11.5 Å². The van der Waals surface area contributed by atoms with Crippen LogP contribution in [0.1, 0.15) is 15.9 Å². The van der Waals surface area contributed by atoms with E-state index in [4.69, 9.17) is 9.47 Å². The van der Waals surface area contributed by atoms with Gasteiger partial charge in [0, 0.05) is 38.8 Å². The zero-order chi connectivity index (χ0) is 24.4. The Bertz CT molecular complexity index is 1230. The minimum absolute atomic E-state index is 0.00257. The van der Waals surface area contributed by atoms with Gasteiger partial charge in [-0.15, -0.1) is 0 Å². The molecule has 1 saturated heterocycles. The first kappa shape index (κ1) is 23.1. The molecule has 0 aromatic heterocycles. The number of amides is 3. The lowest BCUT2D eigenvalue weighted by molar-refractivity contribution is -0.384. The first-order valence-electron chi connectivity index (χ1n) is 10.1. The summed E-state index contributed by atoms with van der Waals surface area (Å²) in [5, 5.41) is 13.5. The quantitative estimate of drug-likeness (QED) is 0.358. The maximum Gasteiger partial charge on any atom is 0.293 e. The predicted molar refractivity (Wildman–Crippen MR) is 125 cm³/mol. The smallest absolute Gasteiger partial charge is 0.293 e. The number of hydrogen-bond donors (Lipinski definition) is 1. The van der Waals surface area contributed by atoms with Crippen LogP contribution in [0.15, 0.2) is 41.3 Å². The van der Waals surface area contributed by atoms with E-state index >= 15 is 0 Å². The minimum atomic E-state index is -0.557. The summed E-state index contributed by atoms with van der Waals surface area (Å²) in [6.07, 6.45) is 1.59. The topological polar surface area (TPSA) is 131 Å². The molecule has 0 saturated carbocycles. The molecule has 0 spiro atoms. The fraction of sp³-hybridized carbons (Fsp3) is 0.227. The highest BCUT2D eigenvalue weighted by Gasteiger charge is 2.34. The molecule has 12 heteroatoms. The second kappa shape index (κ2) is 9.43. The lowest BCUT2D eigenvalue weighted by atomic mass is 10.1. The van der Waals surface area contributed by atoms with Gasteiger partial charge in [0.25, 0.3) is 22.7 Å². The summed E-state index contributed by atoms with van der Waals surface area (Å²) >= 11 is 0.809. The largest absolute Gasteiger partial charge is 0.454 e. The number of nitrogens with zero attached hydrogens (tertiary/aromatic N) is 3. The Morgan fingerprint density at radius 3 is 2.71 bits per heavy atom. The number of fused-ring (bicyclic) bond motifs is 1. The van der Waals surface area contributed by atoms with E-state index in [9.17, 15) is 24.5 Å². The fourth-order valence-corrected chi connectivity index (χ4v) is 4.28. The third-order valence-electron chi connectivity index (χ3n) is 5.11. The van der Waals surface area contributed by atoms with Crippen molar-refractivity contribution in [3.05, 3.63) is 62.5 Å². The maximum atomic E-state index is 12.7. The van der Waals surface area contributed by atoms with Crippen molar-refractivity contribution in [1.82, 2.24) is 10.2 Å². The Morgan fingerprint density at radius 1 is 1.21 bits per heavy atom. The molecular formula is C22H20N4O7S. The molecule has 176 valence electrons. The Morgan fingerprint density at radius 2 is 1.97 bits per heavy atom. The van der Waals surface area contributed by atoms with E-state index in [0.29, 0.717) is 22.7 Å². The highest BCUT2D eigenvalue weighted by molar-refractivity contribution is 8.18. The van der Waals surface area contributed by atoms with Crippen LogP contribution in [0.3, 0.4) is 0 Å². The molecule has 2 aliphatic heterocycles. The molecule has 0 atom stereocenters. The number of nitro groups is 1. The highest BCUT2D eigenvalue weighted by Crippen LogP contribution is 2.36. The van der Waals surface area contributed by atoms with E-state index in [1.165, 1.54) is 18.2 Å². The van der Waals surface area contributed by atoms with Crippen LogP contribution in [0.4, 0.5) is 16.2 Å². The average molecular weight is 484 g/mol. The van der Waals surface area contributed by atoms with Crippen LogP contribution in [-0.2, 0) is 4.79 Å².